The van der Waals surface area contributed by atoms with E-state index in [2.05, 4.69) is 34.5 Å². The fraction of sp³-hybridized carbons (Fsp3) is 0.273. The summed E-state index contributed by atoms with van der Waals surface area (Å²) in [4.78, 5) is 0. The van der Waals surface area contributed by atoms with Crippen molar-refractivity contribution in [2.75, 3.05) is 5.84 Å². The topological polar surface area (TPSA) is 59.6 Å². The molecule has 1 aromatic heterocycles. The van der Waals surface area contributed by atoms with Gasteiger partial charge in [0.15, 0.2) is 5.82 Å². The summed E-state index contributed by atoms with van der Waals surface area (Å²) in [7, 11) is 0. The molecule has 2 aromatic rings. The molecule has 1 fully saturated rings. The van der Waals surface area contributed by atoms with Crippen LogP contribution in [0, 0.1) is 4.77 Å². The highest BCUT2D eigenvalue weighted by molar-refractivity contribution is 7.71. The summed E-state index contributed by atoms with van der Waals surface area (Å²) in [6.07, 6.45) is 1.10. The minimum absolute atomic E-state index is 0.403. The molecular formula is C11H12N4S. The summed E-state index contributed by atoms with van der Waals surface area (Å²) in [5.74, 6) is 7.60. The zero-order valence-corrected chi connectivity index (χ0v) is 9.45. The molecule has 1 saturated carbocycles. The Bertz CT molecular complexity index is 557. The molecule has 1 aliphatic rings. The van der Waals surface area contributed by atoms with Crippen LogP contribution in [0.2, 0.25) is 0 Å². The number of nitrogens with one attached hydrogen (secondary N) is 1. The van der Waals surface area contributed by atoms with Crippen molar-refractivity contribution in [3.05, 3.63) is 46.5 Å². The van der Waals surface area contributed by atoms with Gasteiger partial charge < -0.3 is 5.84 Å². The van der Waals surface area contributed by atoms with Crippen LogP contribution in [0.25, 0.3) is 0 Å². The van der Waals surface area contributed by atoms with Crippen LogP contribution in [-0.4, -0.2) is 14.9 Å². The Morgan fingerprint density at radius 3 is 2.69 bits per heavy atom. The SMILES string of the molecule is Nn1c(C2CC2c2ccccc2)n[nH]c1=S. The van der Waals surface area contributed by atoms with E-state index in [0.717, 1.165) is 12.2 Å². The number of aromatic amines is 1. The Hall–Kier alpha value is -1.62. The maximum absolute atomic E-state index is 5.80. The molecule has 16 heavy (non-hydrogen) atoms. The van der Waals surface area contributed by atoms with Crippen LogP contribution in [-0.2, 0) is 0 Å². The van der Waals surface area contributed by atoms with E-state index in [4.69, 9.17) is 18.1 Å². The first-order valence-corrected chi connectivity index (χ1v) is 5.65. The molecule has 0 spiro atoms. The van der Waals surface area contributed by atoms with E-state index in [1.165, 1.54) is 10.2 Å². The van der Waals surface area contributed by atoms with E-state index < -0.39 is 0 Å². The second kappa shape index (κ2) is 3.45. The standard InChI is InChI=1S/C11H12N4S/c12-15-10(13-14-11(15)16)9-6-8(9)7-4-2-1-3-5-7/h1-5,8-9H,6,12H2,(H,14,16). The number of hydrogen-bond donors (Lipinski definition) is 2. The molecule has 0 bridgehead atoms. The van der Waals surface area contributed by atoms with Crippen LogP contribution in [0.3, 0.4) is 0 Å². The van der Waals surface area contributed by atoms with Crippen LogP contribution >= 0.6 is 12.2 Å². The van der Waals surface area contributed by atoms with Gasteiger partial charge in [-0.3, -0.25) is 5.10 Å². The summed E-state index contributed by atoms with van der Waals surface area (Å²) in [5.41, 5.74) is 1.35. The molecule has 5 heteroatoms. The Balaban J connectivity index is 1.87. The number of rotatable bonds is 2. The minimum atomic E-state index is 0.403. The molecule has 1 heterocycles. The first-order chi connectivity index (χ1) is 7.77. The molecule has 3 rings (SSSR count). The summed E-state index contributed by atoms with van der Waals surface area (Å²) >= 11 is 5.00. The van der Waals surface area contributed by atoms with Crippen molar-refractivity contribution < 1.29 is 0 Å². The lowest BCUT2D eigenvalue weighted by Crippen LogP contribution is -2.12. The number of nitrogens with two attached hydrogens (primary N) is 1. The van der Waals surface area contributed by atoms with Gasteiger partial charge >= 0.3 is 0 Å². The fourth-order valence-corrected chi connectivity index (χ4v) is 2.27. The van der Waals surface area contributed by atoms with Crippen molar-refractivity contribution in [2.24, 2.45) is 0 Å². The molecule has 1 aliphatic carbocycles. The molecule has 3 N–H and O–H groups in total. The first-order valence-electron chi connectivity index (χ1n) is 5.24. The number of H-pyrrole nitrogens is 1. The quantitative estimate of drug-likeness (QED) is 0.614. The van der Waals surface area contributed by atoms with Gasteiger partial charge in [-0.15, -0.1) is 0 Å². The van der Waals surface area contributed by atoms with Gasteiger partial charge in [0.05, 0.1) is 0 Å². The van der Waals surface area contributed by atoms with Crippen molar-refractivity contribution in [3.63, 3.8) is 0 Å². The highest BCUT2D eigenvalue weighted by Gasteiger charge is 2.42. The second-order valence-electron chi connectivity index (χ2n) is 4.12. The summed E-state index contributed by atoms with van der Waals surface area (Å²) in [5, 5.41) is 6.89. The van der Waals surface area contributed by atoms with Gasteiger partial charge in [0.25, 0.3) is 0 Å². The molecule has 82 valence electrons. The van der Waals surface area contributed by atoms with Gasteiger partial charge in [-0.1, -0.05) is 30.3 Å². The maximum atomic E-state index is 5.80. The molecule has 1 aromatic carbocycles. The Labute approximate surface area is 98.1 Å². The lowest BCUT2D eigenvalue weighted by atomic mass is 10.1. The molecule has 0 radical (unpaired) electrons. The van der Waals surface area contributed by atoms with E-state index >= 15 is 0 Å². The van der Waals surface area contributed by atoms with Crippen molar-refractivity contribution in [3.8, 4) is 0 Å². The van der Waals surface area contributed by atoms with E-state index in [1.807, 2.05) is 6.07 Å². The summed E-state index contributed by atoms with van der Waals surface area (Å²) in [6.45, 7) is 0. The van der Waals surface area contributed by atoms with Crippen LogP contribution in [0.5, 0.6) is 0 Å². The number of benzene rings is 1. The maximum Gasteiger partial charge on any atom is 0.214 e. The normalized spacial score (nSPS) is 23.2. The number of nitrogens with zero attached hydrogens (tertiary/aromatic N) is 2. The smallest absolute Gasteiger partial charge is 0.214 e. The van der Waals surface area contributed by atoms with Gasteiger partial charge in [-0.05, 0) is 30.1 Å². The lowest BCUT2D eigenvalue weighted by molar-refractivity contribution is 0.821. The largest absolute Gasteiger partial charge is 0.335 e. The van der Waals surface area contributed by atoms with Gasteiger partial charge in [-0.2, -0.15) is 5.10 Å². The van der Waals surface area contributed by atoms with E-state index in [0.29, 0.717) is 16.6 Å². The predicted octanol–water partition coefficient (Wildman–Crippen LogP) is 1.93. The Morgan fingerprint density at radius 2 is 2.06 bits per heavy atom. The summed E-state index contributed by atoms with van der Waals surface area (Å²) in [6, 6.07) is 10.4. The highest BCUT2D eigenvalue weighted by atomic mass is 32.1. The second-order valence-corrected chi connectivity index (χ2v) is 4.50. The molecule has 0 saturated heterocycles. The van der Waals surface area contributed by atoms with Gasteiger partial charge in [0.2, 0.25) is 4.77 Å². The van der Waals surface area contributed by atoms with Crippen molar-refractivity contribution in [1.29, 1.82) is 0 Å². The van der Waals surface area contributed by atoms with E-state index in [9.17, 15) is 0 Å². The van der Waals surface area contributed by atoms with Crippen LogP contribution in [0.1, 0.15) is 29.6 Å². The van der Waals surface area contributed by atoms with Gasteiger partial charge in [0, 0.05) is 5.92 Å². The third-order valence-electron chi connectivity index (χ3n) is 3.08. The Kier molecular flexibility index (Phi) is 2.07. The fourth-order valence-electron chi connectivity index (χ4n) is 2.13. The van der Waals surface area contributed by atoms with Gasteiger partial charge in [0.1, 0.15) is 0 Å². The summed E-state index contributed by atoms with van der Waals surface area (Å²) < 4.78 is 1.96. The van der Waals surface area contributed by atoms with Crippen LogP contribution in [0.15, 0.2) is 30.3 Å². The Morgan fingerprint density at radius 1 is 1.31 bits per heavy atom. The highest BCUT2D eigenvalue weighted by Crippen LogP contribution is 2.53. The van der Waals surface area contributed by atoms with Crippen molar-refractivity contribution >= 4 is 12.2 Å². The van der Waals surface area contributed by atoms with Gasteiger partial charge in [-0.25, -0.2) is 4.68 Å². The number of nitrogen functional groups attached to an aromatic ring is 1. The molecule has 2 atom stereocenters. The third-order valence-corrected chi connectivity index (χ3v) is 3.37. The molecule has 0 amide bonds. The number of aromatic nitrogens is 3. The predicted molar refractivity (Wildman–Crippen MR) is 64.1 cm³/mol. The van der Waals surface area contributed by atoms with Crippen molar-refractivity contribution in [1.82, 2.24) is 14.9 Å². The van der Waals surface area contributed by atoms with E-state index in [-0.39, 0.29) is 0 Å². The van der Waals surface area contributed by atoms with E-state index in [1.54, 1.807) is 0 Å². The zero-order chi connectivity index (χ0) is 11.1. The first kappa shape index (κ1) is 9.59. The molecule has 2 unspecified atom stereocenters. The van der Waals surface area contributed by atoms with Crippen molar-refractivity contribution in [2.45, 2.75) is 18.3 Å². The molecule has 0 aliphatic heterocycles. The zero-order valence-electron chi connectivity index (χ0n) is 8.63. The average molecular weight is 232 g/mol. The lowest BCUT2D eigenvalue weighted by Gasteiger charge is -1.99. The minimum Gasteiger partial charge on any atom is -0.335 e. The molecule has 4 nitrogen and oxygen atoms in total. The average Bonchev–Trinajstić information content (AvgIpc) is 3.04. The third kappa shape index (κ3) is 1.44. The number of hydrogen-bond acceptors (Lipinski definition) is 3. The monoisotopic (exact) mass is 232 g/mol. The van der Waals surface area contributed by atoms with Crippen LogP contribution < -0.4 is 5.84 Å². The molecular weight excluding hydrogens is 220 g/mol. The van der Waals surface area contributed by atoms with Crippen LogP contribution in [0.4, 0.5) is 0 Å².